The minimum absolute atomic E-state index is 0.355. The number of benzene rings is 1. The minimum atomic E-state index is -0.894. The van der Waals surface area contributed by atoms with Crippen LogP contribution in [0.4, 0.5) is 0 Å². The third-order valence-electron chi connectivity index (χ3n) is 4.97. The van der Waals surface area contributed by atoms with Crippen molar-refractivity contribution < 1.29 is 19.8 Å². The number of nitrogens with one attached hydrogen (secondary N) is 1. The van der Waals surface area contributed by atoms with E-state index in [-0.39, 0.29) is 0 Å². The molecule has 1 aliphatic carbocycles. The normalized spacial score (nSPS) is 30.4. The highest BCUT2D eigenvalue weighted by molar-refractivity contribution is 8.00. The topological polar surface area (TPSA) is 86.6 Å². The van der Waals surface area contributed by atoms with Gasteiger partial charge in [-0.1, -0.05) is 12.1 Å². The summed E-state index contributed by atoms with van der Waals surface area (Å²) in [7, 11) is 0. The molecule has 6 heteroatoms. The molecule has 5 nitrogen and oxygen atoms in total. The third-order valence-corrected chi connectivity index (χ3v) is 6.34. The Hall–Kier alpha value is -1.53. The lowest BCUT2D eigenvalue weighted by atomic mass is 9.73. The molecule has 124 valence electrons. The molecule has 23 heavy (non-hydrogen) atoms. The van der Waals surface area contributed by atoms with Crippen molar-refractivity contribution in [1.82, 2.24) is 5.32 Å². The molecule has 0 radical (unpaired) electrons. The molecule has 0 amide bonds. The number of carboxylic acid groups (broad SMARTS) is 2. The highest BCUT2D eigenvalue weighted by atomic mass is 32.2. The third kappa shape index (κ3) is 3.70. The second-order valence-corrected chi connectivity index (χ2v) is 7.75. The van der Waals surface area contributed by atoms with Crippen molar-refractivity contribution >= 4 is 23.7 Å². The number of piperidine rings is 1. The number of rotatable bonds is 4. The van der Waals surface area contributed by atoms with Crippen LogP contribution in [0.3, 0.4) is 0 Å². The molecule has 1 unspecified atom stereocenters. The lowest BCUT2D eigenvalue weighted by molar-refractivity contribution is -0.141. The summed E-state index contributed by atoms with van der Waals surface area (Å²) in [6.45, 7) is 0.782. The van der Waals surface area contributed by atoms with Crippen LogP contribution in [0.25, 0.3) is 0 Å². The molecule has 1 aromatic carbocycles. The first-order chi connectivity index (χ1) is 11.0. The predicted octanol–water partition coefficient (Wildman–Crippen LogP) is 2.71. The van der Waals surface area contributed by atoms with Gasteiger partial charge in [0.2, 0.25) is 0 Å². The van der Waals surface area contributed by atoms with Gasteiger partial charge < -0.3 is 15.5 Å². The fraction of sp³-hybridized carbons (Fsp3) is 0.529. The minimum Gasteiger partial charge on any atom is -0.480 e. The molecule has 3 N–H and O–H groups in total. The van der Waals surface area contributed by atoms with Gasteiger partial charge in [0.25, 0.3) is 0 Å². The zero-order chi connectivity index (χ0) is 16.4. The van der Waals surface area contributed by atoms with E-state index >= 15 is 0 Å². The van der Waals surface area contributed by atoms with E-state index in [0.717, 1.165) is 30.7 Å². The predicted molar refractivity (Wildman–Crippen MR) is 87.9 cm³/mol. The van der Waals surface area contributed by atoms with Gasteiger partial charge in [0.05, 0.1) is 5.56 Å². The van der Waals surface area contributed by atoms with E-state index in [1.807, 2.05) is 12.1 Å². The Morgan fingerprint density at radius 1 is 1.09 bits per heavy atom. The molecule has 0 bridgehead atoms. The van der Waals surface area contributed by atoms with Gasteiger partial charge in [-0.3, -0.25) is 4.79 Å². The summed E-state index contributed by atoms with van der Waals surface area (Å²) in [6.07, 6.45) is 3.78. The number of hydrogen-bond acceptors (Lipinski definition) is 4. The first-order valence-corrected chi connectivity index (χ1v) is 8.87. The van der Waals surface area contributed by atoms with Crippen LogP contribution in [0.2, 0.25) is 0 Å². The fourth-order valence-electron chi connectivity index (χ4n) is 3.74. The van der Waals surface area contributed by atoms with Gasteiger partial charge >= 0.3 is 11.9 Å². The number of carbonyl (C=O) groups is 2. The summed E-state index contributed by atoms with van der Waals surface area (Å²) in [5.41, 5.74) is 0.355. The maximum absolute atomic E-state index is 11.3. The Morgan fingerprint density at radius 3 is 2.61 bits per heavy atom. The van der Waals surface area contributed by atoms with E-state index in [0.29, 0.717) is 29.1 Å². The van der Waals surface area contributed by atoms with Crippen molar-refractivity contribution in [3.8, 4) is 0 Å². The molecule has 0 aromatic heterocycles. The van der Waals surface area contributed by atoms with Crippen LogP contribution >= 0.6 is 11.8 Å². The summed E-state index contributed by atoms with van der Waals surface area (Å²) < 4.78 is 0. The highest BCUT2D eigenvalue weighted by Crippen LogP contribution is 2.42. The number of thioether (sulfide) groups is 1. The maximum atomic E-state index is 11.3. The van der Waals surface area contributed by atoms with Crippen molar-refractivity contribution in [2.24, 2.45) is 11.8 Å². The molecule has 1 saturated heterocycles. The summed E-state index contributed by atoms with van der Waals surface area (Å²) in [5.74, 6) is -0.693. The lowest BCUT2D eigenvalue weighted by Gasteiger charge is -2.41. The standard InChI is InChI=1S/C17H21NO4S/c19-16(20)13-3-1-2-4-15(13)23-12-6-5-10-9-18-14(17(21)22)8-11(10)7-12/h1-4,10-12,14,18H,5-9H2,(H,19,20)(H,21,22)/t10-,11+,12?,14-/m0/s1. The van der Waals surface area contributed by atoms with Gasteiger partial charge in [-0.25, -0.2) is 4.79 Å². The van der Waals surface area contributed by atoms with E-state index in [2.05, 4.69) is 5.32 Å². The first kappa shape index (κ1) is 16.3. The Kier molecular flexibility index (Phi) is 4.92. The average Bonchev–Trinajstić information content (AvgIpc) is 2.54. The van der Waals surface area contributed by atoms with Crippen LogP contribution in [0.15, 0.2) is 29.2 Å². The molecular formula is C17H21NO4S. The monoisotopic (exact) mass is 335 g/mol. The van der Waals surface area contributed by atoms with Crippen LogP contribution in [0.1, 0.15) is 36.0 Å². The number of fused-ring (bicyclic) bond motifs is 1. The summed E-state index contributed by atoms with van der Waals surface area (Å²) in [5, 5.41) is 22.0. The molecule has 2 fully saturated rings. The molecule has 1 aromatic rings. The van der Waals surface area contributed by atoms with Gasteiger partial charge in [-0.05, 0) is 56.2 Å². The number of hydrogen-bond donors (Lipinski definition) is 3. The van der Waals surface area contributed by atoms with Crippen LogP contribution in [0, 0.1) is 11.8 Å². The molecule has 1 heterocycles. The summed E-state index contributed by atoms with van der Waals surface area (Å²) in [4.78, 5) is 23.3. The van der Waals surface area contributed by atoms with E-state index in [1.54, 1.807) is 23.9 Å². The van der Waals surface area contributed by atoms with E-state index in [1.165, 1.54) is 0 Å². The fourth-order valence-corrected chi connectivity index (χ4v) is 5.14. The van der Waals surface area contributed by atoms with Gasteiger partial charge in [0.15, 0.2) is 0 Å². The van der Waals surface area contributed by atoms with Crippen LogP contribution in [-0.4, -0.2) is 40.0 Å². The zero-order valence-corrected chi connectivity index (χ0v) is 13.6. The molecule has 1 aliphatic heterocycles. The molecule has 0 spiro atoms. The quantitative estimate of drug-likeness (QED) is 0.784. The number of aromatic carboxylic acids is 1. The number of carboxylic acids is 2. The lowest BCUT2D eigenvalue weighted by Crippen LogP contribution is -2.49. The van der Waals surface area contributed by atoms with Crippen molar-refractivity contribution in [1.29, 1.82) is 0 Å². The zero-order valence-electron chi connectivity index (χ0n) is 12.8. The molecular weight excluding hydrogens is 314 g/mol. The average molecular weight is 335 g/mol. The van der Waals surface area contributed by atoms with E-state index in [9.17, 15) is 19.8 Å². The Bertz CT molecular complexity index is 606. The first-order valence-electron chi connectivity index (χ1n) is 7.99. The van der Waals surface area contributed by atoms with Crippen LogP contribution in [-0.2, 0) is 4.79 Å². The Morgan fingerprint density at radius 2 is 1.87 bits per heavy atom. The summed E-state index contributed by atoms with van der Waals surface area (Å²) in [6, 6.07) is 6.68. The summed E-state index contributed by atoms with van der Waals surface area (Å²) >= 11 is 1.64. The van der Waals surface area contributed by atoms with Crippen LogP contribution < -0.4 is 5.32 Å². The van der Waals surface area contributed by atoms with Gasteiger partial charge in [0, 0.05) is 10.1 Å². The van der Waals surface area contributed by atoms with Crippen molar-refractivity contribution in [2.75, 3.05) is 6.54 Å². The van der Waals surface area contributed by atoms with Gasteiger partial charge in [0.1, 0.15) is 6.04 Å². The molecule has 4 atom stereocenters. The molecule has 3 rings (SSSR count). The largest absolute Gasteiger partial charge is 0.480 e. The number of aliphatic carboxylic acids is 1. The van der Waals surface area contributed by atoms with Crippen LogP contribution in [0.5, 0.6) is 0 Å². The Balaban J connectivity index is 1.67. The van der Waals surface area contributed by atoms with E-state index in [4.69, 9.17) is 0 Å². The second-order valence-electron chi connectivity index (χ2n) is 6.41. The second kappa shape index (κ2) is 6.93. The SMILES string of the molecule is O=C(O)c1ccccc1SC1CC[C@H]2CN[C@H](C(=O)O)C[C@H]2C1. The van der Waals surface area contributed by atoms with Gasteiger partial charge in [-0.2, -0.15) is 0 Å². The molecule has 1 saturated carbocycles. The highest BCUT2D eigenvalue weighted by Gasteiger charge is 2.38. The maximum Gasteiger partial charge on any atom is 0.336 e. The smallest absolute Gasteiger partial charge is 0.336 e. The van der Waals surface area contributed by atoms with Crippen molar-refractivity contribution in [3.05, 3.63) is 29.8 Å². The van der Waals surface area contributed by atoms with Gasteiger partial charge in [-0.15, -0.1) is 11.8 Å². The Labute approximate surface area is 139 Å². The van der Waals surface area contributed by atoms with E-state index < -0.39 is 18.0 Å². The van der Waals surface area contributed by atoms with Crippen molar-refractivity contribution in [3.63, 3.8) is 0 Å². The molecule has 2 aliphatic rings. The van der Waals surface area contributed by atoms with Crippen molar-refractivity contribution in [2.45, 2.75) is 41.9 Å².